The van der Waals surface area contributed by atoms with Crippen LogP contribution in [0.25, 0.3) is 0 Å². The van der Waals surface area contributed by atoms with Gasteiger partial charge in [0.15, 0.2) is 0 Å². The summed E-state index contributed by atoms with van der Waals surface area (Å²) >= 11 is 0. The highest BCUT2D eigenvalue weighted by Gasteiger charge is 2.39. The molecule has 0 saturated heterocycles. The maximum absolute atomic E-state index is 11.6. The predicted octanol–water partition coefficient (Wildman–Crippen LogP) is 1.52. The van der Waals surface area contributed by atoms with Crippen LogP contribution in [0.3, 0.4) is 0 Å². The number of amides is 1. The zero-order valence-corrected chi connectivity index (χ0v) is 10.2. The van der Waals surface area contributed by atoms with Gasteiger partial charge in [-0.2, -0.15) is 0 Å². The number of rotatable bonds is 5. The van der Waals surface area contributed by atoms with E-state index < -0.39 is 0 Å². The molecule has 0 aliphatic heterocycles. The highest BCUT2D eigenvalue weighted by molar-refractivity contribution is 5.76. The van der Waals surface area contributed by atoms with E-state index in [4.69, 9.17) is 5.73 Å². The average Bonchev–Trinajstić information content (AvgIpc) is 2.87. The third-order valence-electron chi connectivity index (χ3n) is 4.38. The Kier molecular flexibility index (Phi) is 3.85. The number of carbonyl (C=O) groups is 1. The molecule has 2 aliphatic rings. The summed E-state index contributed by atoms with van der Waals surface area (Å²) < 4.78 is 0. The monoisotopic (exact) mass is 224 g/mol. The highest BCUT2D eigenvalue weighted by atomic mass is 16.1. The van der Waals surface area contributed by atoms with Crippen molar-refractivity contribution in [1.82, 2.24) is 5.32 Å². The number of hydrogen-bond donors (Lipinski definition) is 2. The van der Waals surface area contributed by atoms with E-state index in [1.54, 1.807) is 0 Å². The van der Waals surface area contributed by atoms with Crippen molar-refractivity contribution in [2.45, 2.75) is 39.0 Å². The number of fused-ring (bicyclic) bond motifs is 2. The Morgan fingerprint density at radius 3 is 2.81 bits per heavy atom. The van der Waals surface area contributed by atoms with E-state index in [-0.39, 0.29) is 5.91 Å². The van der Waals surface area contributed by atoms with Gasteiger partial charge in [-0.3, -0.25) is 4.79 Å². The van der Waals surface area contributed by atoms with Crippen molar-refractivity contribution < 1.29 is 4.79 Å². The van der Waals surface area contributed by atoms with Crippen LogP contribution in [0, 0.1) is 23.7 Å². The SMILES string of the molecule is CC(CN)CC(=O)NCC1CC2CCC1C2. The Labute approximate surface area is 98.2 Å². The molecule has 2 bridgehead atoms. The molecule has 92 valence electrons. The molecule has 3 nitrogen and oxygen atoms in total. The second-order valence-electron chi connectivity index (χ2n) is 5.78. The summed E-state index contributed by atoms with van der Waals surface area (Å²) in [6.45, 7) is 3.52. The van der Waals surface area contributed by atoms with Crippen molar-refractivity contribution in [3.05, 3.63) is 0 Å². The summed E-state index contributed by atoms with van der Waals surface area (Å²) in [4.78, 5) is 11.6. The van der Waals surface area contributed by atoms with Gasteiger partial charge in [-0.25, -0.2) is 0 Å². The fourth-order valence-corrected chi connectivity index (χ4v) is 3.34. The smallest absolute Gasteiger partial charge is 0.220 e. The summed E-state index contributed by atoms with van der Waals surface area (Å²) in [7, 11) is 0. The van der Waals surface area contributed by atoms with Gasteiger partial charge < -0.3 is 11.1 Å². The fourth-order valence-electron chi connectivity index (χ4n) is 3.34. The quantitative estimate of drug-likeness (QED) is 0.744. The minimum atomic E-state index is 0.181. The maximum atomic E-state index is 11.6. The van der Waals surface area contributed by atoms with E-state index in [9.17, 15) is 4.79 Å². The molecule has 0 radical (unpaired) electrons. The first-order valence-corrected chi connectivity index (χ1v) is 6.65. The second-order valence-corrected chi connectivity index (χ2v) is 5.78. The van der Waals surface area contributed by atoms with Gasteiger partial charge in [0, 0.05) is 13.0 Å². The maximum Gasteiger partial charge on any atom is 0.220 e. The van der Waals surface area contributed by atoms with Crippen LogP contribution in [0.15, 0.2) is 0 Å². The summed E-state index contributed by atoms with van der Waals surface area (Å²) in [6, 6.07) is 0. The fraction of sp³-hybridized carbons (Fsp3) is 0.923. The Hall–Kier alpha value is -0.570. The zero-order valence-electron chi connectivity index (χ0n) is 10.2. The Morgan fingerprint density at radius 2 is 2.25 bits per heavy atom. The molecule has 0 aromatic carbocycles. The summed E-state index contributed by atoms with van der Waals surface area (Å²) in [5.74, 6) is 3.11. The van der Waals surface area contributed by atoms with Crippen LogP contribution in [0.5, 0.6) is 0 Å². The molecular weight excluding hydrogens is 200 g/mol. The largest absolute Gasteiger partial charge is 0.356 e. The highest BCUT2D eigenvalue weighted by Crippen LogP contribution is 2.47. The normalized spacial score (nSPS) is 34.0. The first kappa shape index (κ1) is 11.9. The molecule has 0 aromatic rings. The molecule has 2 saturated carbocycles. The third-order valence-corrected chi connectivity index (χ3v) is 4.38. The van der Waals surface area contributed by atoms with E-state index in [0.29, 0.717) is 18.9 Å². The Balaban J connectivity index is 1.66. The average molecular weight is 224 g/mol. The van der Waals surface area contributed by atoms with Gasteiger partial charge in [-0.05, 0) is 49.5 Å². The van der Waals surface area contributed by atoms with Crippen LogP contribution >= 0.6 is 0 Å². The lowest BCUT2D eigenvalue weighted by Crippen LogP contribution is -2.33. The van der Waals surface area contributed by atoms with Gasteiger partial charge >= 0.3 is 0 Å². The minimum Gasteiger partial charge on any atom is -0.356 e. The molecule has 0 spiro atoms. The van der Waals surface area contributed by atoms with Crippen LogP contribution < -0.4 is 11.1 Å². The van der Waals surface area contributed by atoms with Crippen LogP contribution in [0.2, 0.25) is 0 Å². The van der Waals surface area contributed by atoms with Gasteiger partial charge in [-0.1, -0.05) is 13.3 Å². The van der Waals surface area contributed by atoms with Crippen LogP contribution in [0.1, 0.15) is 39.0 Å². The van der Waals surface area contributed by atoms with Crippen molar-refractivity contribution in [2.24, 2.45) is 29.4 Å². The summed E-state index contributed by atoms with van der Waals surface area (Å²) in [5.41, 5.74) is 5.51. The topological polar surface area (TPSA) is 55.1 Å². The number of nitrogens with two attached hydrogens (primary N) is 1. The van der Waals surface area contributed by atoms with E-state index in [1.165, 1.54) is 25.7 Å². The molecular formula is C13H24N2O. The van der Waals surface area contributed by atoms with E-state index in [0.717, 1.165) is 24.3 Å². The lowest BCUT2D eigenvalue weighted by molar-refractivity contribution is -0.122. The molecule has 2 rings (SSSR count). The molecule has 16 heavy (non-hydrogen) atoms. The van der Waals surface area contributed by atoms with Crippen molar-refractivity contribution in [1.29, 1.82) is 0 Å². The first-order chi connectivity index (χ1) is 7.69. The molecule has 2 aliphatic carbocycles. The molecule has 2 fully saturated rings. The molecule has 3 N–H and O–H groups in total. The lowest BCUT2D eigenvalue weighted by atomic mass is 9.89. The first-order valence-electron chi connectivity index (χ1n) is 6.65. The molecule has 0 heterocycles. The van der Waals surface area contributed by atoms with Gasteiger partial charge in [0.25, 0.3) is 0 Å². The van der Waals surface area contributed by atoms with Gasteiger partial charge in [0.1, 0.15) is 0 Å². The summed E-state index contributed by atoms with van der Waals surface area (Å²) in [6.07, 6.45) is 6.16. The Morgan fingerprint density at radius 1 is 1.44 bits per heavy atom. The standard InChI is InChI=1S/C13H24N2O/c1-9(7-14)4-13(16)15-8-12-6-10-2-3-11(12)5-10/h9-12H,2-8,14H2,1H3,(H,15,16). The van der Waals surface area contributed by atoms with Gasteiger partial charge in [0.05, 0.1) is 0 Å². The van der Waals surface area contributed by atoms with E-state index in [2.05, 4.69) is 5.32 Å². The number of hydrogen-bond acceptors (Lipinski definition) is 2. The zero-order chi connectivity index (χ0) is 11.5. The van der Waals surface area contributed by atoms with Gasteiger partial charge in [0.2, 0.25) is 5.91 Å². The van der Waals surface area contributed by atoms with Crippen molar-refractivity contribution in [2.75, 3.05) is 13.1 Å². The molecule has 4 atom stereocenters. The molecule has 1 amide bonds. The van der Waals surface area contributed by atoms with Crippen LogP contribution in [-0.4, -0.2) is 19.0 Å². The number of nitrogens with one attached hydrogen (secondary N) is 1. The van der Waals surface area contributed by atoms with Gasteiger partial charge in [-0.15, -0.1) is 0 Å². The van der Waals surface area contributed by atoms with E-state index in [1.807, 2.05) is 6.92 Å². The molecule has 0 aromatic heterocycles. The van der Waals surface area contributed by atoms with E-state index >= 15 is 0 Å². The predicted molar refractivity (Wildman–Crippen MR) is 64.8 cm³/mol. The van der Waals surface area contributed by atoms with Crippen LogP contribution in [-0.2, 0) is 4.79 Å². The Bertz CT molecular complexity index is 254. The molecule has 4 unspecified atom stereocenters. The number of carbonyl (C=O) groups excluding carboxylic acids is 1. The molecule has 3 heteroatoms. The minimum absolute atomic E-state index is 0.181. The lowest BCUT2D eigenvalue weighted by Gasteiger charge is -2.22. The van der Waals surface area contributed by atoms with Crippen LogP contribution in [0.4, 0.5) is 0 Å². The summed E-state index contributed by atoms with van der Waals surface area (Å²) in [5, 5.41) is 3.08. The van der Waals surface area contributed by atoms with Crippen molar-refractivity contribution in [3.63, 3.8) is 0 Å². The third kappa shape index (κ3) is 2.76. The van der Waals surface area contributed by atoms with Crippen molar-refractivity contribution in [3.8, 4) is 0 Å². The second kappa shape index (κ2) is 5.17. The van der Waals surface area contributed by atoms with Crippen molar-refractivity contribution >= 4 is 5.91 Å².